The second-order valence-corrected chi connectivity index (χ2v) is 5.24. The second kappa shape index (κ2) is 5.67. The Kier molecular flexibility index (Phi) is 4.48. The van der Waals surface area contributed by atoms with Gasteiger partial charge in [0, 0.05) is 5.54 Å². The molecule has 1 N–H and O–H groups in total. The van der Waals surface area contributed by atoms with Crippen molar-refractivity contribution in [3.05, 3.63) is 35.4 Å². The molecule has 1 amide bonds. The van der Waals surface area contributed by atoms with Gasteiger partial charge in [-0.05, 0) is 39.8 Å². The summed E-state index contributed by atoms with van der Waals surface area (Å²) in [6, 6.07) is 7.01. The van der Waals surface area contributed by atoms with Crippen molar-refractivity contribution in [2.24, 2.45) is 0 Å². The number of ether oxygens (including phenoxy) is 1. The van der Waals surface area contributed by atoms with Gasteiger partial charge >= 0.3 is 5.97 Å². The first-order valence-electron chi connectivity index (χ1n) is 5.83. The number of carbonyl (C=O) groups excluding carboxylic acids is 2. The Labute approximate surface area is 107 Å². The molecule has 0 bridgehead atoms. The molecule has 0 aliphatic carbocycles. The summed E-state index contributed by atoms with van der Waals surface area (Å²) in [7, 11) is 0. The highest BCUT2D eigenvalue weighted by Gasteiger charge is 2.15. The fourth-order valence-electron chi connectivity index (χ4n) is 1.36. The van der Waals surface area contributed by atoms with Gasteiger partial charge in [-0.1, -0.05) is 17.7 Å². The number of amides is 1. The lowest BCUT2D eigenvalue weighted by molar-refractivity contribution is -0.125. The summed E-state index contributed by atoms with van der Waals surface area (Å²) in [6.07, 6.45) is 0. The van der Waals surface area contributed by atoms with Crippen molar-refractivity contribution in [1.29, 1.82) is 0 Å². The van der Waals surface area contributed by atoms with E-state index in [9.17, 15) is 9.59 Å². The normalized spacial score (nSPS) is 10.9. The third-order valence-electron chi connectivity index (χ3n) is 2.14. The third-order valence-corrected chi connectivity index (χ3v) is 2.14. The molecule has 1 rings (SSSR count). The van der Waals surface area contributed by atoms with E-state index in [1.165, 1.54) is 0 Å². The van der Waals surface area contributed by atoms with Crippen LogP contribution in [0.4, 0.5) is 0 Å². The topological polar surface area (TPSA) is 55.4 Å². The molecule has 1 aromatic carbocycles. The zero-order valence-electron chi connectivity index (χ0n) is 11.2. The molecule has 0 aliphatic heterocycles. The summed E-state index contributed by atoms with van der Waals surface area (Å²) in [5.74, 6) is -0.790. The van der Waals surface area contributed by atoms with Crippen LogP contribution in [0.1, 0.15) is 36.7 Å². The van der Waals surface area contributed by atoms with E-state index in [-0.39, 0.29) is 18.1 Å². The lowest BCUT2D eigenvalue weighted by Crippen LogP contribution is -2.42. The van der Waals surface area contributed by atoms with E-state index in [1.54, 1.807) is 12.1 Å². The molecule has 0 radical (unpaired) electrons. The van der Waals surface area contributed by atoms with Crippen molar-refractivity contribution in [2.75, 3.05) is 6.61 Å². The Bertz CT molecular complexity index is 429. The smallest absolute Gasteiger partial charge is 0.338 e. The van der Waals surface area contributed by atoms with Gasteiger partial charge in [0.2, 0.25) is 0 Å². The Balaban J connectivity index is 2.47. The molecule has 0 fully saturated rings. The van der Waals surface area contributed by atoms with Crippen LogP contribution in [0.15, 0.2) is 24.3 Å². The highest BCUT2D eigenvalue weighted by molar-refractivity contribution is 5.91. The highest BCUT2D eigenvalue weighted by Crippen LogP contribution is 2.05. The molecule has 0 spiro atoms. The van der Waals surface area contributed by atoms with Gasteiger partial charge in [-0.2, -0.15) is 0 Å². The van der Waals surface area contributed by atoms with Gasteiger partial charge in [-0.15, -0.1) is 0 Å². The fraction of sp³-hybridized carbons (Fsp3) is 0.429. The van der Waals surface area contributed by atoms with Crippen LogP contribution in [-0.2, 0) is 9.53 Å². The van der Waals surface area contributed by atoms with Crippen LogP contribution < -0.4 is 5.32 Å². The van der Waals surface area contributed by atoms with Crippen LogP contribution in [0.5, 0.6) is 0 Å². The first-order chi connectivity index (χ1) is 8.28. The molecule has 0 saturated carbocycles. The second-order valence-electron chi connectivity index (χ2n) is 5.24. The van der Waals surface area contributed by atoms with Gasteiger partial charge < -0.3 is 10.1 Å². The number of carbonyl (C=O) groups is 2. The standard InChI is InChI=1S/C14H19NO3/c1-10-5-7-11(8-6-10)13(17)18-9-12(16)15-14(2,3)4/h5-8H,9H2,1-4H3,(H,15,16). The van der Waals surface area contributed by atoms with Crippen LogP contribution >= 0.6 is 0 Å². The highest BCUT2D eigenvalue weighted by atomic mass is 16.5. The Morgan fingerprint density at radius 2 is 1.72 bits per heavy atom. The summed E-state index contributed by atoms with van der Waals surface area (Å²) in [5.41, 5.74) is 1.19. The quantitative estimate of drug-likeness (QED) is 0.834. The molecule has 0 atom stereocenters. The Morgan fingerprint density at radius 1 is 1.17 bits per heavy atom. The summed E-state index contributed by atoms with van der Waals surface area (Å²) < 4.78 is 4.92. The van der Waals surface area contributed by atoms with Crippen molar-refractivity contribution in [2.45, 2.75) is 33.2 Å². The monoisotopic (exact) mass is 249 g/mol. The van der Waals surface area contributed by atoms with Gasteiger partial charge in [0.1, 0.15) is 0 Å². The first-order valence-corrected chi connectivity index (χ1v) is 5.83. The van der Waals surface area contributed by atoms with Crippen molar-refractivity contribution >= 4 is 11.9 Å². The van der Waals surface area contributed by atoms with Gasteiger partial charge in [0.25, 0.3) is 5.91 Å². The lowest BCUT2D eigenvalue weighted by Gasteiger charge is -2.20. The summed E-state index contributed by atoms with van der Waals surface area (Å²) in [5, 5.41) is 2.72. The first kappa shape index (κ1) is 14.2. The molecular formula is C14H19NO3. The third kappa shape index (κ3) is 4.99. The van der Waals surface area contributed by atoms with Crippen LogP contribution in [0.25, 0.3) is 0 Å². The number of nitrogens with one attached hydrogen (secondary N) is 1. The van der Waals surface area contributed by atoms with Gasteiger partial charge in [-0.3, -0.25) is 4.79 Å². The zero-order valence-corrected chi connectivity index (χ0v) is 11.2. The van der Waals surface area contributed by atoms with E-state index in [0.717, 1.165) is 5.56 Å². The maximum Gasteiger partial charge on any atom is 0.338 e. The molecule has 0 aliphatic rings. The molecular weight excluding hydrogens is 230 g/mol. The average Bonchev–Trinajstić information content (AvgIpc) is 2.24. The molecule has 0 unspecified atom stereocenters. The van der Waals surface area contributed by atoms with Gasteiger partial charge in [0.15, 0.2) is 6.61 Å². The Hall–Kier alpha value is -1.84. The molecule has 18 heavy (non-hydrogen) atoms. The van der Waals surface area contributed by atoms with Crippen LogP contribution in [0, 0.1) is 6.92 Å². The van der Waals surface area contributed by atoms with Crippen molar-refractivity contribution in [3.63, 3.8) is 0 Å². The maximum atomic E-state index is 11.6. The van der Waals surface area contributed by atoms with E-state index >= 15 is 0 Å². The number of aryl methyl sites for hydroxylation is 1. The summed E-state index contributed by atoms with van der Waals surface area (Å²) in [6.45, 7) is 7.28. The number of esters is 1. The zero-order chi connectivity index (χ0) is 13.8. The summed E-state index contributed by atoms with van der Waals surface area (Å²) >= 11 is 0. The van der Waals surface area contributed by atoms with E-state index in [4.69, 9.17) is 4.74 Å². The van der Waals surface area contributed by atoms with Crippen LogP contribution in [0.2, 0.25) is 0 Å². The summed E-state index contributed by atoms with van der Waals surface area (Å²) in [4.78, 5) is 23.1. The van der Waals surface area contributed by atoms with Crippen LogP contribution in [0.3, 0.4) is 0 Å². The molecule has 4 heteroatoms. The SMILES string of the molecule is Cc1ccc(C(=O)OCC(=O)NC(C)(C)C)cc1. The molecule has 0 saturated heterocycles. The molecule has 98 valence electrons. The minimum Gasteiger partial charge on any atom is -0.452 e. The largest absolute Gasteiger partial charge is 0.452 e. The maximum absolute atomic E-state index is 11.6. The minimum atomic E-state index is -0.487. The number of benzene rings is 1. The molecule has 0 heterocycles. The number of hydrogen-bond acceptors (Lipinski definition) is 3. The van der Waals surface area contributed by atoms with Crippen LogP contribution in [-0.4, -0.2) is 24.0 Å². The molecule has 1 aromatic rings. The fourth-order valence-corrected chi connectivity index (χ4v) is 1.36. The van der Waals surface area contributed by atoms with E-state index < -0.39 is 5.97 Å². The van der Waals surface area contributed by atoms with E-state index in [0.29, 0.717) is 5.56 Å². The predicted octanol–water partition coefficient (Wildman–Crippen LogP) is 2.07. The minimum absolute atomic E-state index is 0.260. The molecule has 0 aromatic heterocycles. The van der Waals surface area contributed by atoms with Crippen molar-refractivity contribution in [3.8, 4) is 0 Å². The number of rotatable bonds is 3. The van der Waals surface area contributed by atoms with Gasteiger partial charge in [0.05, 0.1) is 5.56 Å². The van der Waals surface area contributed by atoms with E-state index in [1.807, 2.05) is 39.8 Å². The molecule has 4 nitrogen and oxygen atoms in total. The van der Waals surface area contributed by atoms with E-state index in [2.05, 4.69) is 5.32 Å². The predicted molar refractivity (Wildman–Crippen MR) is 69.4 cm³/mol. The van der Waals surface area contributed by atoms with Crippen molar-refractivity contribution < 1.29 is 14.3 Å². The Morgan fingerprint density at radius 3 is 2.22 bits per heavy atom. The van der Waals surface area contributed by atoms with Gasteiger partial charge in [-0.25, -0.2) is 4.79 Å². The lowest BCUT2D eigenvalue weighted by atomic mass is 10.1. The average molecular weight is 249 g/mol. The van der Waals surface area contributed by atoms with Crippen molar-refractivity contribution in [1.82, 2.24) is 5.32 Å². The number of hydrogen-bond donors (Lipinski definition) is 1.